The summed E-state index contributed by atoms with van der Waals surface area (Å²) in [4.78, 5) is 0. The molecule has 1 N–H and O–H groups in total. The van der Waals surface area contributed by atoms with Crippen LogP contribution >= 0.6 is 0 Å². The van der Waals surface area contributed by atoms with Crippen LogP contribution in [-0.4, -0.2) is 11.2 Å². The maximum Gasteiger partial charge on any atom is 0.0568 e. The third-order valence-electron chi connectivity index (χ3n) is 10.7. The molecule has 8 unspecified atom stereocenters. The van der Waals surface area contributed by atoms with E-state index in [-0.39, 0.29) is 6.10 Å². The first-order valence-corrected chi connectivity index (χ1v) is 13.1. The van der Waals surface area contributed by atoms with Crippen molar-refractivity contribution < 1.29 is 5.11 Å². The molecule has 3 saturated carbocycles. The van der Waals surface area contributed by atoms with Gasteiger partial charge in [0.05, 0.1) is 6.10 Å². The molecular formula is C28H48O. The van der Waals surface area contributed by atoms with Crippen LogP contribution in [0.3, 0.4) is 0 Å². The van der Waals surface area contributed by atoms with Gasteiger partial charge in [0.2, 0.25) is 0 Å². The molecule has 4 aliphatic rings. The zero-order valence-corrected chi connectivity index (χ0v) is 20.3. The number of allylic oxidation sites excluding steroid dienone is 2. The minimum absolute atomic E-state index is 0.0568. The zero-order valence-electron chi connectivity index (χ0n) is 20.3. The molecule has 0 radical (unpaired) electrons. The molecule has 0 saturated heterocycles. The van der Waals surface area contributed by atoms with E-state index < -0.39 is 0 Å². The lowest BCUT2D eigenvalue weighted by Crippen LogP contribution is -2.51. The van der Waals surface area contributed by atoms with Crippen molar-refractivity contribution in [2.75, 3.05) is 0 Å². The SMILES string of the molecule is CC(C)CCCC(C)C1CCC2=C3CCC4C(C)C(O)CCC4(C)C3CCC21C. The van der Waals surface area contributed by atoms with Crippen molar-refractivity contribution in [2.45, 2.75) is 118 Å². The number of rotatable bonds is 5. The van der Waals surface area contributed by atoms with E-state index in [0.29, 0.717) is 16.7 Å². The van der Waals surface area contributed by atoms with Crippen LogP contribution in [0.25, 0.3) is 0 Å². The minimum atomic E-state index is -0.0568. The minimum Gasteiger partial charge on any atom is -0.393 e. The van der Waals surface area contributed by atoms with Crippen molar-refractivity contribution in [3.05, 3.63) is 11.1 Å². The van der Waals surface area contributed by atoms with Gasteiger partial charge in [-0.3, -0.25) is 0 Å². The van der Waals surface area contributed by atoms with E-state index in [9.17, 15) is 5.11 Å². The third kappa shape index (κ3) is 3.56. The largest absolute Gasteiger partial charge is 0.393 e. The van der Waals surface area contributed by atoms with Gasteiger partial charge in [-0.15, -0.1) is 0 Å². The Hall–Kier alpha value is -0.300. The summed E-state index contributed by atoms with van der Waals surface area (Å²) in [5.41, 5.74) is 4.78. The number of aliphatic hydroxyl groups is 1. The highest BCUT2D eigenvalue weighted by Crippen LogP contribution is 2.66. The van der Waals surface area contributed by atoms with Gasteiger partial charge in [0.15, 0.2) is 0 Å². The van der Waals surface area contributed by atoms with E-state index in [1.165, 1.54) is 64.2 Å². The van der Waals surface area contributed by atoms with Crippen LogP contribution in [0.1, 0.15) is 112 Å². The fourth-order valence-corrected chi connectivity index (χ4v) is 8.95. The van der Waals surface area contributed by atoms with Gasteiger partial charge in [0.1, 0.15) is 0 Å². The Morgan fingerprint density at radius 2 is 1.72 bits per heavy atom. The second kappa shape index (κ2) is 7.99. The van der Waals surface area contributed by atoms with Gasteiger partial charge in [-0.1, -0.05) is 72.0 Å². The maximum absolute atomic E-state index is 10.5. The summed E-state index contributed by atoms with van der Waals surface area (Å²) in [5.74, 6) is 4.68. The Labute approximate surface area is 181 Å². The fourth-order valence-electron chi connectivity index (χ4n) is 8.95. The second-order valence-corrected chi connectivity index (χ2v) is 12.6. The Morgan fingerprint density at radius 1 is 0.966 bits per heavy atom. The van der Waals surface area contributed by atoms with Crippen LogP contribution in [0, 0.1) is 46.3 Å². The average Bonchev–Trinajstić information content (AvgIpc) is 3.02. The summed E-state index contributed by atoms with van der Waals surface area (Å²) in [6.45, 7) is 14.9. The molecule has 1 nitrogen and oxygen atoms in total. The second-order valence-electron chi connectivity index (χ2n) is 12.6. The van der Waals surface area contributed by atoms with Gasteiger partial charge in [-0.2, -0.15) is 0 Å². The normalized spacial score (nSPS) is 45.7. The van der Waals surface area contributed by atoms with Gasteiger partial charge in [0.25, 0.3) is 0 Å². The Balaban J connectivity index is 1.55. The lowest BCUT2D eigenvalue weighted by Gasteiger charge is -2.58. The number of fused-ring (bicyclic) bond motifs is 4. The van der Waals surface area contributed by atoms with E-state index >= 15 is 0 Å². The highest BCUT2D eigenvalue weighted by atomic mass is 16.3. The maximum atomic E-state index is 10.5. The lowest BCUT2D eigenvalue weighted by atomic mass is 9.47. The molecule has 0 amide bonds. The first-order valence-electron chi connectivity index (χ1n) is 13.1. The molecule has 4 rings (SSSR count). The molecule has 0 spiro atoms. The molecule has 0 aromatic carbocycles. The molecule has 166 valence electrons. The van der Waals surface area contributed by atoms with Crippen LogP contribution in [-0.2, 0) is 0 Å². The third-order valence-corrected chi connectivity index (χ3v) is 10.7. The van der Waals surface area contributed by atoms with Crippen LogP contribution in [0.15, 0.2) is 11.1 Å². The molecular weight excluding hydrogens is 352 g/mol. The molecule has 1 heteroatoms. The van der Waals surface area contributed by atoms with Crippen molar-refractivity contribution in [3.8, 4) is 0 Å². The molecule has 8 atom stereocenters. The van der Waals surface area contributed by atoms with E-state index in [0.717, 1.165) is 36.0 Å². The lowest BCUT2D eigenvalue weighted by molar-refractivity contribution is -0.0779. The van der Waals surface area contributed by atoms with Crippen LogP contribution in [0.2, 0.25) is 0 Å². The van der Waals surface area contributed by atoms with Gasteiger partial charge in [-0.25, -0.2) is 0 Å². The summed E-state index contributed by atoms with van der Waals surface area (Å²) >= 11 is 0. The van der Waals surface area contributed by atoms with Crippen molar-refractivity contribution >= 4 is 0 Å². The molecule has 4 aliphatic carbocycles. The zero-order chi connectivity index (χ0) is 21.0. The first-order chi connectivity index (χ1) is 13.7. The highest BCUT2D eigenvalue weighted by Gasteiger charge is 2.56. The number of hydrogen-bond acceptors (Lipinski definition) is 1. The Kier molecular flexibility index (Phi) is 6.04. The predicted octanol–water partition coefficient (Wildman–Crippen LogP) is 7.78. The van der Waals surface area contributed by atoms with Gasteiger partial charge in [-0.05, 0) is 97.7 Å². The molecule has 3 fully saturated rings. The van der Waals surface area contributed by atoms with Gasteiger partial charge < -0.3 is 5.11 Å². The molecule has 0 aromatic heterocycles. The van der Waals surface area contributed by atoms with E-state index in [1.54, 1.807) is 0 Å². The molecule has 0 aromatic rings. The predicted molar refractivity (Wildman–Crippen MR) is 124 cm³/mol. The Morgan fingerprint density at radius 3 is 2.45 bits per heavy atom. The number of aliphatic hydroxyl groups excluding tert-OH is 1. The summed E-state index contributed by atoms with van der Waals surface area (Å²) in [6.07, 6.45) is 14.8. The smallest absolute Gasteiger partial charge is 0.0568 e. The molecule has 0 aliphatic heterocycles. The van der Waals surface area contributed by atoms with Crippen molar-refractivity contribution in [2.24, 2.45) is 46.3 Å². The highest BCUT2D eigenvalue weighted by molar-refractivity contribution is 5.35. The van der Waals surface area contributed by atoms with E-state index in [1.807, 2.05) is 11.1 Å². The van der Waals surface area contributed by atoms with Gasteiger partial charge >= 0.3 is 0 Å². The van der Waals surface area contributed by atoms with Crippen molar-refractivity contribution in [1.29, 1.82) is 0 Å². The topological polar surface area (TPSA) is 20.2 Å². The standard InChI is InChI=1S/C28H48O/c1-18(2)8-7-9-19(3)22-12-13-24-21-10-11-23-20(4)26(29)15-17-28(23,6)25(21)14-16-27(22,24)5/h18-20,22-23,25-26,29H,7-17H2,1-6H3. The summed E-state index contributed by atoms with van der Waals surface area (Å²) in [6, 6.07) is 0. The Bertz CT molecular complexity index is 632. The van der Waals surface area contributed by atoms with E-state index in [2.05, 4.69) is 41.5 Å². The first kappa shape index (κ1) is 21.9. The molecule has 0 heterocycles. The van der Waals surface area contributed by atoms with Crippen LogP contribution in [0.5, 0.6) is 0 Å². The fraction of sp³-hybridized carbons (Fsp3) is 0.929. The van der Waals surface area contributed by atoms with Crippen LogP contribution in [0.4, 0.5) is 0 Å². The summed E-state index contributed by atoms with van der Waals surface area (Å²) in [7, 11) is 0. The average molecular weight is 401 g/mol. The van der Waals surface area contributed by atoms with Gasteiger partial charge in [0, 0.05) is 0 Å². The van der Waals surface area contributed by atoms with Crippen molar-refractivity contribution in [1.82, 2.24) is 0 Å². The molecule has 0 bridgehead atoms. The summed E-state index contributed by atoms with van der Waals surface area (Å²) < 4.78 is 0. The van der Waals surface area contributed by atoms with E-state index in [4.69, 9.17) is 0 Å². The van der Waals surface area contributed by atoms with Crippen molar-refractivity contribution in [3.63, 3.8) is 0 Å². The quantitative estimate of drug-likeness (QED) is 0.467. The summed E-state index contributed by atoms with van der Waals surface area (Å²) in [5, 5.41) is 10.5. The monoisotopic (exact) mass is 400 g/mol. The van der Waals surface area contributed by atoms with Crippen LogP contribution < -0.4 is 0 Å². The number of hydrogen-bond donors (Lipinski definition) is 1. The molecule has 29 heavy (non-hydrogen) atoms.